The molecule has 1 aliphatic heterocycles. The molecule has 0 aliphatic carbocycles. The molecule has 0 aromatic carbocycles. The van der Waals surface area contributed by atoms with Crippen LogP contribution in [0.15, 0.2) is 0 Å². The van der Waals surface area contributed by atoms with Gasteiger partial charge in [0.05, 0.1) is 6.61 Å². The van der Waals surface area contributed by atoms with Crippen LogP contribution in [0.4, 0.5) is 0 Å². The van der Waals surface area contributed by atoms with E-state index in [-0.39, 0.29) is 0 Å². The molecule has 1 aliphatic rings. The zero-order valence-electron chi connectivity index (χ0n) is 11.9. The van der Waals surface area contributed by atoms with Crippen molar-refractivity contribution in [3.05, 3.63) is 0 Å². The van der Waals surface area contributed by atoms with E-state index < -0.39 is 0 Å². The Morgan fingerprint density at radius 3 is 2.88 bits per heavy atom. The average Bonchev–Trinajstić information content (AvgIpc) is 2.29. The molecule has 1 unspecified atom stereocenters. The van der Waals surface area contributed by atoms with Gasteiger partial charge in [0.1, 0.15) is 0 Å². The summed E-state index contributed by atoms with van der Waals surface area (Å²) in [7, 11) is 0. The Bertz CT molecular complexity index is 183. The molecule has 0 aromatic heterocycles. The van der Waals surface area contributed by atoms with Crippen molar-refractivity contribution in [3.63, 3.8) is 0 Å². The fourth-order valence-corrected chi connectivity index (χ4v) is 2.25. The van der Waals surface area contributed by atoms with Crippen molar-refractivity contribution in [1.82, 2.24) is 10.2 Å². The van der Waals surface area contributed by atoms with Crippen molar-refractivity contribution < 1.29 is 4.74 Å². The third-order valence-electron chi connectivity index (χ3n) is 3.37. The Morgan fingerprint density at radius 2 is 2.18 bits per heavy atom. The molecule has 0 spiro atoms. The first kappa shape index (κ1) is 14.9. The van der Waals surface area contributed by atoms with Gasteiger partial charge in [-0.25, -0.2) is 0 Å². The molecule has 17 heavy (non-hydrogen) atoms. The lowest BCUT2D eigenvalue weighted by atomic mass is 10.1. The number of piperazine rings is 1. The third kappa shape index (κ3) is 7.02. The largest absolute Gasteiger partial charge is 0.380 e. The van der Waals surface area contributed by atoms with E-state index in [1.807, 2.05) is 0 Å². The maximum atomic E-state index is 5.68. The maximum absolute atomic E-state index is 5.68. The fourth-order valence-electron chi connectivity index (χ4n) is 2.25. The van der Waals surface area contributed by atoms with Gasteiger partial charge in [-0.3, -0.25) is 4.90 Å². The van der Waals surface area contributed by atoms with Crippen LogP contribution in [-0.2, 0) is 4.74 Å². The zero-order valence-corrected chi connectivity index (χ0v) is 11.9. The van der Waals surface area contributed by atoms with E-state index >= 15 is 0 Å². The fraction of sp³-hybridized carbons (Fsp3) is 1.00. The van der Waals surface area contributed by atoms with Gasteiger partial charge < -0.3 is 10.1 Å². The van der Waals surface area contributed by atoms with Gasteiger partial charge in [0, 0.05) is 38.8 Å². The van der Waals surface area contributed by atoms with E-state index in [1.54, 1.807) is 0 Å². The summed E-state index contributed by atoms with van der Waals surface area (Å²) in [5, 5.41) is 3.58. The summed E-state index contributed by atoms with van der Waals surface area (Å²) in [6, 6.07) is 0.699. The molecule has 0 saturated carbocycles. The lowest BCUT2D eigenvalue weighted by molar-refractivity contribution is 0.0847. The Labute approximate surface area is 107 Å². The molecule has 3 nitrogen and oxygen atoms in total. The summed E-state index contributed by atoms with van der Waals surface area (Å²) in [6.07, 6.45) is 3.75. The van der Waals surface area contributed by atoms with Crippen LogP contribution in [0.2, 0.25) is 0 Å². The molecular weight excluding hydrogens is 212 g/mol. The Morgan fingerprint density at radius 1 is 1.35 bits per heavy atom. The number of ether oxygens (including phenoxy) is 1. The smallest absolute Gasteiger partial charge is 0.0593 e. The van der Waals surface area contributed by atoms with Crippen molar-refractivity contribution in [3.8, 4) is 0 Å². The third-order valence-corrected chi connectivity index (χ3v) is 3.37. The second kappa shape index (κ2) is 8.90. The summed E-state index contributed by atoms with van der Waals surface area (Å²) < 4.78 is 5.68. The number of nitrogens with zero attached hydrogens (tertiary/aromatic N) is 1. The van der Waals surface area contributed by atoms with Gasteiger partial charge in [0.25, 0.3) is 0 Å². The number of rotatable bonds is 8. The molecule has 102 valence electrons. The SMILES string of the molecule is CCCC1CN(CCOCCC(C)C)CCN1. The molecule has 1 heterocycles. The second-order valence-corrected chi connectivity index (χ2v) is 5.54. The first-order chi connectivity index (χ1) is 8.22. The number of hydrogen-bond donors (Lipinski definition) is 1. The van der Waals surface area contributed by atoms with Crippen molar-refractivity contribution in [2.45, 2.75) is 46.1 Å². The van der Waals surface area contributed by atoms with Gasteiger partial charge in [-0.15, -0.1) is 0 Å². The molecule has 1 fully saturated rings. The summed E-state index contributed by atoms with van der Waals surface area (Å²) >= 11 is 0. The van der Waals surface area contributed by atoms with Gasteiger partial charge >= 0.3 is 0 Å². The van der Waals surface area contributed by atoms with Crippen LogP contribution in [0.1, 0.15) is 40.0 Å². The maximum Gasteiger partial charge on any atom is 0.0593 e. The van der Waals surface area contributed by atoms with E-state index in [0.717, 1.165) is 32.2 Å². The summed E-state index contributed by atoms with van der Waals surface area (Å²) in [6.45, 7) is 13.2. The van der Waals surface area contributed by atoms with E-state index in [2.05, 4.69) is 31.0 Å². The average molecular weight is 242 g/mol. The Hall–Kier alpha value is -0.120. The van der Waals surface area contributed by atoms with Crippen molar-refractivity contribution >= 4 is 0 Å². The summed E-state index contributed by atoms with van der Waals surface area (Å²) in [4.78, 5) is 2.53. The first-order valence-corrected chi connectivity index (χ1v) is 7.25. The van der Waals surface area contributed by atoms with E-state index in [0.29, 0.717) is 6.04 Å². The predicted molar refractivity (Wildman–Crippen MR) is 73.4 cm³/mol. The van der Waals surface area contributed by atoms with Crippen LogP contribution in [-0.4, -0.2) is 50.3 Å². The second-order valence-electron chi connectivity index (χ2n) is 5.54. The first-order valence-electron chi connectivity index (χ1n) is 7.25. The molecule has 0 amide bonds. The molecule has 0 aromatic rings. The predicted octanol–water partition coefficient (Wildman–Crippen LogP) is 2.12. The van der Waals surface area contributed by atoms with Gasteiger partial charge in [-0.2, -0.15) is 0 Å². The standard InChI is InChI=1S/C14H30N2O/c1-4-5-14-12-16(8-7-15-14)9-11-17-10-6-13(2)3/h13-15H,4-12H2,1-3H3. The normalized spacial score (nSPS) is 22.2. The van der Waals surface area contributed by atoms with Crippen molar-refractivity contribution in [2.75, 3.05) is 39.4 Å². The van der Waals surface area contributed by atoms with Crippen LogP contribution in [0.25, 0.3) is 0 Å². The summed E-state index contributed by atoms with van der Waals surface area (Å²) in [5.74, 6) is 0.753. The highest BCUT2D eigenvalue weighted by atomic mass is 16.5. The number of nitrogens with one attached hydrogen (secondary N) is 1. The highest BCUT2D eigenvalue weighted by Gasteiger charge is 2.17. The molecule has 1 rings (SSSR count). The Balaban J connectivity index is 2.02. The van der Waals surface area contributed by atoms with Gasteiger partial charge in [-0.1, -0.05) is 27.2 Å². The van der Waals surface area contributed by atoms with Gasteiger partial charge in [0.15, 0.2) is 0 Å². The van der Waals surface area contributed by atoms with Crippen LogP contribution in [0.5, 0.6) is 0 Å². The van der Waals surface area contributed by atoms with Crippen LogP contribution in [0.3, 0.4) is 0 Å². The van der Waals surface area contributed by atoms with Crippen LogP contribution < -0.4 is 5.32 Å². The minimum absolute atomic E-state index is 0.699. The van der Waals surface area contributed by atoms with Crippen LogP contribution >= 0.6 is 0 Å². The van der Waals surface area contributed by atoms with E-state index in [4.69, 9.17) is 4.74 Å². The highest BCUT2D eigenvalue weighted by molar-refractivity contribution is 4.77. The van der Waals surface area contributed by atoms with Gasteiger partial charge in [0.2, 0.25) is 0 Å². The number of hydrogen-bond acceptors (Lipinski definition) is 3. The lowest BCUT2D eigenvalue weighted by Crippen LogP contribution is -2.51. The Kier molecular flexibility index (Phi) is 7.82. The van der Waals surface area contributed by atoms with Gasteiger partial charge in [-0.05, 0) is 18.8 Å². The van der Waals surface area contributed by atoms with Crippen molar-refractivity contribution in [2.24, 2.45) is 5.92 Å². The highest BCUT2D eigenvalue weighted by Crippen LogP contribution is 2.05. The summed E-state index contributed by atoms with van der Waals surface area (Å²) in [5.41, 5.74) is 0. The quantitative estimate of drug-likeness (QED) is 0.660. The molecule has 1 N–H and O–H groups in total. The minimum atomic E-state index is 0.699. The van der Waals surface area contributed by atoms with Crippen LogP contribution in [0, 0.1) is 5.92 Å². The lowest BCUT2D eigenvalue weighted by Gasteiger charge is -2.33. The molecule has 1 atom stereocenters. The topological polar surface area (TPSA) is 24.5 Å². The van der Waals surface area contributed by atoms with E-state index in [1.165, 1.54) is 32.4 Å². The monoisotopic (exact) mass is 242 g/mol. The van der Waals surface area contributed by atoms with E-state index in [9.17, 15) is 0 Å². The molecule has 0 bridgehead atoms. The molecular formula is C14H30N2O. The van der Waals surface area contributed by atoms with Crippen molar-refractivity contribution in [1.29, 1.82) is 0 Å². The zero-order chi connectivity index (χ0) is 12.5. The minimum Gasteiger partial charge on any atom is -0.380 e. The molecule has 3 heteroatoms. The molecule has 0 radical (unpaired) electrons. The molecule has 1 saturated heterocycles.